The molecule has 0 saturated heterocycles. The third-order valence-electron chi connectivity index (χ3n) is 3.78. The van der Waals surface area contributed by atoms with Gasteiger partial charge in [-0.05, 0) is 36.9 Å². The summed E-state index contributed by atoms with van der Waals surface area (Å²) >= 11 is 1.19. The summed E-state index contributed by atoms with van der Waals surface area (Å²) in [6.07, 6.45) is 0.589. The summed E-state index contributed by atoms with van der Waals surface area (Å²) in [4.78, 5) is 26.6. The van der Waals surface area contributed by atoms with E-state index in [1.807, 2.05) is 4.90 Å². The molecule has 10 heteroatoms. The van der Waals surface area contributed by atoms with Crippen LogP contribution in [0.4, 0.5) is 5.69 Å². The van der Waals surface area contributed by atoms with E-state index < -0.39 is 28.0 Å². The summed E-state index contributed by atoms with van der Waals surface area (Å²) in [5.41, 5.74) is 1.08. The van der Waals surface area contributed by atoms with Gasteiger partial charge >= 0.3 is 5.97 Å². The number of nitrogens with zero attached hydrogens (tertiary/aromatic N) is 2. The Labute approximate surface area is 155 Å². The zero-order valence-corrected chi connectivity index (χ0v) is 15.6. The van der Waals surface area contributed by atoms with Crippen LogP contribution in [-0.2, 0) is 19.6 Å². The van der Waals surface area contributed by atoms with Gasteiger partial charge in [0.05, 0.1) is 17.0 Å². The van der Waals surface area contributed by atoms with Crippen molar-refractivity contribution in [2.24, 2.45) is 4.40 Å². The van der Waals surface area contributed by atoms with E-state index in [1.165, 1.54) is 24.8 Å². The Morgan fingerprint density at radius 2 is 2.27 bits per heavy atom. The number of anilines is 1. The first-order valence-electron chi connectivity index (χ1n) is 7.82. The number of rotatable bonds is 5. The number of carbonyl (C=O) groups excluding carboxylic acids is 2. The minimum atomic E-state index is -3.43. The van der Waals surface area contributed by atoms with Crippen LogP contribution in [0, 0.1) is 0 Å². The minimum Gasteiger partial charge on any atom is -0.449 e. The first kappa shape index (κ1) is 18.5. The first-order chi connectivity index (χ1) is 12.3. The topological polar surface area (TPSA) is 105 Å². The lowest BCUT2D eigenvalue weighted by atomic mass is 10.2. The number of hydrogen-bond acceptors (Lipinski definition) is 7. The van der Waals surface area contributed by atoms with Gasteiger partial charge in [0.15, 0.2) is 11.3 Å². The van der Waals surface area contributed by atoms with Crippen LogP contribution in [0.3, 0.4) is 0 Å². The highest BCUT2D eigenvalue weighted by Gasteiger charge is 2.33. The quantitative estimate of drug-likeness (QED) is 0.589. The van der Waals surface area contributed by atoms with Gasteiger partial charge < -0.3 is 15.0 Å². The molecule has 2 heterocycles. The standard InChI is InChI=1S/C16H17N3O5S2/c1-3-6-17-14(20)10(2)24-15(21)11-4-5-12-13(9-11)25-16-18-26(22,23)8-7-19(12)16/h3-5,9-10H,1,6-8H2,2H3,(H,17,20)/t10-/m1/s1. The number of fused-ring (bicyclic) bond motifs is 3. The van der Waals surface area contributed by atoms with Crippen molar-refractivity contribution in [1.29, 1.82) is 0 Å². The van der Waals surface area contributed by atoms with E-state index in [2.05, 4.69) is 16.3 Å². The second kappa shape index (κ2) is 7.12. The monoisotopic (exact) mass is 395 g/mol. The molecule has 0 saturated carbocycles. The molecule has 2 aliphatic heterocycles. The molecular formula is C16H17N3O5S2. The van der Waals surface area contributed by atoms with Gasteiger partial charge in [0, 0.05) is 18.0 Å². The van der Waals surface area contributed by atoms with Crippen molar-refractivity contribution in [1.82, 2.24) is 5.32 Å². The number of thioether (sulfide) groups is 1. The summed E-state index contributed by atoms with van der Waals surface area (Å²) in [5, 5.41) is 2.94. The average Bonchev–Trinajstić information content (AvgIpc) is 2.94. The van der Waals surface area contributed by atoms with E-state index in [0.29, 0.717) is 11.7 Å². The molecule has 1 aromatic rings. The van der Waals surface area contributed by atoms with Gasteiger partial charge in [-0.25, -0.2) is 13.2 Å². The van der Waals surface area contributed by atoms with Gasteiger partial charge in [0.1, 0.15) is 0 Å². The molecule has 0 unspecified atom stereocenters. The highest BCUT2D eigenvalue weighted by Crippen LogP contribution is 2.42. The Morgan fingerprint density at radius 1 is 1.50 bits per heavy atom. The molecule has 0 radical (unpaired) electrons. The van der Waals surface area contributed by atoms with Crippen molar-refractivity contribution >= 4 is 44.5 Å². The van der Waals surface area contributed by atoms with Gasteiger partial charge in [-0.3, -0.25) is 4.79 Å². The Morgan fingerprint density at radius 3 is 3.00 bits per heavy atom. The van der Waals surface area contributed by atoms with Crippen LogP contribution in [0.25, 0.3) is 0 Å². The zero-order chi connectivity index (χ0) is 18.9. The van der Waals surface area contributed by atoms with Crippen LogP contribution in [0.1, 0.15) is 17.3 Å². The molecule has 3 rings (SSSR count). The molecule has 0 bridgehead atoms. The summed E-state index contributed by atoms with van der Waals surface area (Å²) in [7, 11) is -3.43. The molecule has 8 nitrogen and oxygen atoms in total. The van der Waals surface area contributed by atoms with Crippen molar-refractivity contribution in [3.63, 3.8) is 0 Å². The maximum absolute atomic E-state index is 12.3. The smallest absolute Gasteiger partial charge is 0.338 e. The molecule has 1 N–H and O–H groups in total. The number of amides is 1. The molecule has 138 valence electrons. The van der Waals surface area contributed by atoms with Crippen molar-refractivity contribution in [2.75, 3.05) is 23.7 Å². The minimum absolute atomic E-state index is 0.0440. The number of sulfonamides is 1. The SMILES string of the molecule is C=CCNC(=O)[C@@H](C)OC(=O)c1ccc2c(c1)SC1=NS(=O)(=O)CCN12. The molecule has 0 aliphatic carbocycles. The zero-order valence-electron chi connectivity index (χ0n) is 14.0. The lowest BCUT2D eigenvalue weighted by Crippen LogP contribution is -2.36. The predicted molar refractivity (Wildman–Crippen MR) is 99.0 cm³/mol. The van der Waals surface area contributed by atoms with Crippen LogP contribution in [0.5, 0.6) is 0 Å². The number of amidine groups is 1. The number of hydrogen-bond donors (Lipinski definition) is 1. The van der Waals surface area contributed by atoms with Crippen LogP contribution in [0.2, 0.25) is 0 Å². The molecule has 2 aliphatic rings. The summed E-state index contributed by atoms with van der Waals surface area (Å²) in [6.45, 7) is 5.60. The molecule has 26 heavy (non-hydrogen) atoms. The van der Waals surface area contributed by atoms with Crippen LogP contribution in [-0.4, -0.2) is 50.4 Å². The van der Waals surface area contributed by atoms with Gasteiger partial charge in [0.2, 0.25) is 0 Å². The number of esters is 1. The van der Waals surface area contributed by atoms with Gasteiger partial charge in [-0.1, -0.05) is 6.08 Å². The average molecular weight is 395 g/mol. The van der Waals surface area contributed by atoms with E-state index in [-0.39, 0.29) is 17.9 Å². The molecule has 1 atom stereocenters. The molecule has 0 spiro atoms. The van der Waals surface area contributed by atoms with E-state index in [9.17, 15) is 18.0 Å². The summed E-state index contributed by atoms with van der Waals surface area (Å²) < 4.78 is 32.2. The Kier molecular flexibility index (Phi) is 5.05. The number of benzene rings is 1. The fraction of sp³-hybridized carbons (Fsp3) is 0.312. The van der Waals surface area contributed by atoms with Crippen LogP contribution >= 0.6 is 11.8 Å². The highest BCUT2D eigenvalue weighted by molar-refractivity contribution is 8.15. The summed E-state index contributed by atoms with van der Waals surface area (Å²) in [6, 6.07) is 4.92. The molecule has 1 amide bonds. The fourth-order valence-corrected chi connectivity index (χ4v) is 4.75. The fourth-order valence-electron chi connectivity index (χ4n) is 2.46. The Balaban J connectivity index is 1.74. The van der Waals surface area contributed by atoms with E-state index in [4.69, 9.17) is 4.74 Å². The number of nitrogens with one attached hydrogen (secondary N) is 1. The normalized spacial score (nSPS) is 18.2. The van der Waals surface area contributed by atoms with E-state index in [0.717, 1.165) is 10.6 Å². The molecule has 0 fully saturated rings. The maximum atomic E-state index is 12.3. The largest absolute Gasteiger partial charge is 0.449 e. The molecule has 1 aromatic carbocycles. The van der Waals surface area contributed by atoms with E-state index >= 15 is 0 Å². The third-order valence-corrected chi connectivity index (χ3v) is 6.09. The third kappa shape index (κ3) is 3.75. The first-order valence-corrected chi connectivity index (χ1v) is 10.2. The highest BCUT2D eigenvalue weighted by atomic mass is 32.2. The molecule has 0 aromatic heterocycles. The Bertz CT molecular complexity index is 910. The second-order valence-electron chi connectivity index (χ2n) is 5.68. The van der Waals surface area contributed by atoms with Crippen molar-refractivity contribution in [2.45, 2.75) is 17.9 Å². The second-order valence-corrected chi connectivity index (χ2v) is 8.44. The lowest BCUT2D eigenvalue weighted by Gasteiger charge is -2.22. The van der Waals surface area contributed by atoms with Crippen molar-refractivity contribution in [3.8, 4) is 0 Å². The van der Waals surface area contributed by atoms with Crippen molar-refractivity contribution < 1.29 is 22.7 Å². The number of ether oxygens (including phenoxy) is 1. The van der Waals surface area contributed by atoms with E-state index in [1.54, 1.807) is 18.2 Å². The van der Waals surface area contributed by atoms with Crippen LogP contribution < -0.4 is 10.2 Å². The van der Waals surface area contributed by atoms with Gasteiger partial charge in [0.25, 0.3) is 15.9 Å². The maximum Gasteiger partial charge on any atom is 0.338 e. The van der Waals surface area contributed by atoms with Crippen LogP contribution in [0.15, 0.2) is 40.1 Å². The molecular weight excluding hydrogens is 378 g/mol. The predicted octanol–water partition coefficient (Wildman–Crippen LogP) is 1.15. The summed E-state index contributed by atoms with van der Waals surface area (Å²) in [5.74, 6) is -1.09. The lowest BCUT2D eigenvalue weighted by molar-refractivity contribution is -0.128. The Hall–Kier alpha value is -2.33. The number of carbonyl (C=O) groups is 2. The van der Waals surface area contributed by atoms with Crippen molar-refractivity contribution in [3.05, 3.63) is 36.4 Å². The van der Waals surface area contributed by atoms with Gasteiger partial charge in [-0.15, -0.1) is 11.0 Å². The van der Waals surface area contributed by atoms with Gasteiger partial charge in [-0.2, -0.15) is 0 Å².